The Balaban J connectivity index is 1.86. The Labute approximate surface area is 106 Å². The normalized spacial score (nSPS) is 17.6. The molecule has 1 saturated heterocycles. The van der Waals surface area contributed by atoms with Gasteiger partial charge in [-0.15, -0.1) is 0 Å². The molecule has 4 heteroatoms. The third-order valence-electron chi connectivity index (χ3n) is 2.76. The third kappa shape index (κ3) is 3.36. The Morgan fingerprint density at radius 2 is 1.94 bits per heavy atom. The average molecular weight is 260 g/mol. The van der Waals surface area contributed by atoms with E-state index in [-0.39, 0.29) is 0 Å². The molecule has 0 aliphatic carbocycles. The molecule has 2 rings (SSSR count). The maximum atomic E-state index is 5.94. The first-order valence-electron chi connectivity index (χ1n) is 5.52. The van der Waals surface area contributed by atoms with Crippen molar-refractivity contribution in [2.75, 3.05) is 13.1 Å². The Bertz CT molecular complexity index is 351. The fourth-order valence-corrected chi connectivity index (χ4v) is 2.13. The summed E-state index contributed by atoms with van der Waals surface area (Å²) in [5, 5.41) is 4.49. The summed E-state index contributed by atoms with van der Waals surface area (Å²) in [6, 6.07) is 5.63. The zero-order valence-corrected chi connectivity index (χ0v) is 10.5. The smallest absolute Gasteiger partial charge is 0.0721 e. The van der Waals surface area contributed by atoms with Crippen molar-refractivity contribution in [1.29, 1.82) is 0 Å². The number of halogens is 2. The zero-order chi connectivity index (χ0) is 11.4. The van der Waals surface area contributed by atoms with Gasteiger partial charge in [-0.3, -0.25) is 0 Å². The van der Waals surface area contributed by atoms with Gasteiger partial charge in [-0.1, -0.05) is 29.3 Å². The molecule has 1 aliphatic rings. The zero-order valence-electron chi connectivity index (χ0n) is 9.01. The molecule has 1 N–H and O–H groups in total. The van der Waals surface area contributed by atoms with E-state index in [1.54, 1.807) is 0 Å². The van der Waals surface area contributed by atoms with Crippen LogP contribution in [0, 0.1) is 0 Å². The van der Waals surface area contributed by atoms with Crippen LogP contribution in [0.5, 0.6) is 0 Å². The number of hydrogen-bond acceptors (Lipinski definition) is 2. The maximum Gasteiger partial charge on any atom is 0.0721 e. The number of ether oxygens (including phenoxy) is 1. The van der Waals surface area contributed by atoms with Crippen molar-refractivity contribution < 1.29 is 4.74 Å². The highest BCUT2D eigenvalue weighted by Crippen LogP contribution is 2.23. The van der Waals surface area contributed by atoms with E-state index in [0.717, 1.165) is 31.5 Å². The minimum Gasteiger partial charge on any atom is -0.373 e. The van der Waals surface area contributed by atoms with Gasteiger partial charge in [-0.25, -0.2) is 0 Å². The quantitative estimate of drug-likeness (QED) is 0.900. The molecular formula is C12H15Cl2NO. The first kappa shape index (κ1) is 12.2. The Hall–Kier alpha value is -0.280. The van der Waals surface area contributed by atoms with Crippen LogP contribution in [0.15, 0.2) is 18.2 Å². The third-order valence-corrected chi connectivity index (χ3v) is 3.49. The van der Waals surface area contributed by atoms with Crippen LogP contribution in [-0.2, 0) is 11.3 Å². The van der Waals surface area contributed by atoms with Crippen molar-refractivity contribution in [3.8, 4) is 0 Å². The van der Waals surface area contributed by atoms with Gasteiger partial charge in [0.15, 0.2) is 0 Å². The lowest BCUT2D eigenvalue weighted by Gasteiger charge is -2.23. The fraction of sp³-hybridized carbons (Fsp3) is 0.500. The number of rotatable bonds is 3. The Morgan fingerprint density at radius 1 is 1.19 bits per heavy atom. The van der Waals surface area contributed by atoms with Gasteiger partial charge in [0.05, 0.1) is 22.8 Å². The molecule has 1 aromatic carbocycles. The molecule has 0 atom stereocenters. The van der Waals surface area contributed by atoms with E-state index in [2.05, 4.69) is 5.32 Å². The SMILES string of the molecule is Clc1ccc(COC2CCNCC2)cc1Cl. The van der Waals surface area contributed by atoms with E-state index in [9.17, 15) is 0 Å². The first-order valence-corrected chi connectivity index (χ1v) is 6.27. The van der Waals surface area contributed by atoms with E-state index in [0.29, 0.717) is 22.8 Å². The largest absolute Gasteiger partial charge is 0.373 e. The molecule has 0 unspecified atom stereocenters. The van der Waals surface area contributed by atoms with Gasteiger partial charge in [0, 0.05) is 0 Å². The molecule has 16 heavy (non-hydrogen) atoms. The van der Waals surface area contributed by atoms with Crippen molar-refractivity contribution in [3.05, 3.63) is 33.8 Å². The second-order valence-electron chi connectivity index (χ2n) is 4.01. The second-order valence-corrected chi connectivity index (χ2v) is 4.82. The van der Waals surface area contributed by atoms with Gasteiger partial charge in [0.25, 0.3) is 0 Å². The number of nitrogens with one attached hydrogen (secondary N) is 1. The minimum absolute atomic E-state index is 0.371. The first-order chi connectivity index (χ1) is 7.75. The van der Waals surface area contributed by atoms with E-state index >= 15 is 0 Å². The summed E-state index contributed by atoms with van der Waals surface area (Å²) in [7, 11) is 0. The molecular weight excluding hydrogens is 245 g/mol. The van der Waals surface area contributed by atoms with E-state index in [1.165, 1.54) is 0 Å². The Morgan fingerprint density at radius 3 is 2.62 bits per heavy atom. The molecule has 0 bridgehead atoms. The van der Waals surface area contributed by atoms with Gasteiger partial charge in [-0.05, 0) is 43.6 Å². The summed E-state index contributed by atoms with van der Waals surface area (Å²) in [6.45, 7) is 2.71. The van der Waals surface area contributed by atoms with Crippen LogP contribution in [0.25, 0.3) is 0 Å². The lowest BCUT2D eigenvalue weighted by molar-refractivity contribution is 0.0212. The van der Waals surface area contributed by atoms with E-state index in [4.69, 9.17) is 27.9 Å². The van der Waals surface area contributed by atoms with E-state index in [1.807, 2.05) is 18.2 Å². The summed E-state index contributed by atoms with van der Waals surface area (Å²) < 4.78 is 5.82. The summed E-state index contributed by atoms with van der Waals surface area (Å²) in [5.41, 5.74) is 1.08. The highest BCUT2D eigenvalue weighted by Gasteiger charge is 2.13. The predicted octanol–water partition coefficient (Wildman–Crippen LogP) is 3.26. The van der Waals surface area contributed by atoms with Gasteiger partial charge < -0.3 is 10.1 Å². The van der Waals surface area contributed by atoms with Crippen LogP contribution in [0.4, 0.5) is 0 Å². The second kappa shape index (κ2) is 5.87. The number of hydrogen-bond donors (Lipinski definition) is 1. The van der Waals surface area contributed by atoms with Gasteiger partial charge in [0.1, 0.15) is 0 Å². The predicted molar refractivity (Wildman–Crippen MR) is 67.1 cm³/mol. The minimum atomic E-state index is 0.371. The van der Waals surface area contributed by atoms with Crippen molar-refractivity contribution >= 4 is 23.2 Å². The topological polar surface area (TPSA) is 21.3 Å². The highest BCUT2D eigenvalue weighted by molar-refractivity contribution is 6.41. The maximum absolute atomic E-state index is 5.94. The van der Waals surface area contributed by atoms with Gasteiger partial charge >= 0.3 is 0 Å². The van der Waals surface area contributed by atoms with Crippen LogP contribution in [-0.4, -0.2) is 19.2 Å². The average Bonchev–Trinajstić information content (AvgIpc) is 2.32. The molecule has 1 fully saturated rings. The Kier molecular flexibility index (Phi) is 4.47. The molecule has 1 aliphatic heterocycles. The monoisotopic (exact) mass is 259 g/mol. The van der Waals surface area contributed by atoms with Crippen molar-refractivity contribution in [1.82, 2.24) is 5.32 Å². The molecule has 2 nitrogen and oxygen atoms in total. The summed E-state index contributed by atoms with van der Waals surface area (Å²) in [4.78, 5) is 0. The fourth-order valence-electron chi connectivity index (χ4n) is 1.81. The lowest BCUT2D eigenvalue weighted by atomic mass is 10.1. The molecule has 1 heterocycles. The van der Waals surface area contributed by atoms with Crippen molar-refractivity contribution in [2.24, 2.45) is 0 Å². The van der Waals surface area contributed by atoms with Crippen LogP contribution < -0.4 is 5.32 Å². The van der Waals surface area contributed by atoms with E-state index < -0.39 is 0 Å². The highest BCUT2D eigenvalue weighted by atomic mass is 35.5. The molecule has 0 aromatic heterocycles. The van der Waals surface area contributed by atoms with Crippen molar-refractivity contribution in [3.63, 3.8) is 0 Å². The molecule has 0 radical (unpaired) electrons. The molecule has 0 amide bonds. The van der Waals surface area contributed by atoms with Gasteiger partial charge in [-0.2, -0.15) is 0 Å². The van der Waals surface area contributed by atoms with Gasteiger partial charge in [0.2, 0.25) is 0 Å². The van der Waals surface area contributed by atoms with Crippen molar-refractivity contribution in [2.45, 2.75) is 25.6 Å². The summed E-state index contributed by atoms with van der Waals surface area (Å²) in [6.07, 6.45) is 2.54. The van der Waals surface area contributed by atoms with Crippen LogP contribution in [0.3, 0.4) is 0 Å². The lowest BCUT2D eigenvalue weighted by Crippen LogP contribution is -2.32. The number of piperidine rings is 1. The molecule has 88 valence electrons. The summed E-state index contributed by atoms with van der Waals surface area (Å²) in [5.74, 6) is 0. The van der Waals surface area contributed by atoms with Crippen LogP contribution in [0.1, 0.15) is 18.4 Å². The van der Waals surface area contributed by atoms with Crippen LogP contribution >= 0.6 is 23.2 Å². The summed E-state index contributed by atoms with van der Waals surface area (Å²) >= 11 is 11.8. The molecule has 0 saturated carbocycles. The molecule has 1 aromatic rings. The number of benzene rings is 1. The molecule has 0 spiro atoms. The standard InChI is InChI=1S/C12H15Cl2NO/c13-11-2-1-9(7-12(11)14)8-16-10-3-5-15-6-4-10/h1-2,7,10,15H,3-6,8H2. The van der Waals surface area contributed by atoms with Crippen LogP contribution in [0.2, 0.25) is 10.0 Å².